The molecule has 0 radical (unpaired) electrons. The molecule has 0 aliphatic heterocycles. The summed E-state index contributed by atoms with van der Waals surface area (Å²) in [5, 5.41) is 0. The van der Waals surface area contributed by atoms with E-state index in [9.17, 15) is 4.79 Å². The summed E-state index contributed by atoms with van der Waals surface area (Å²) in [7, 11) is 0. The van der Waals surface area contributed by atoms with Gasteiger partial charge in [-0.1, -0.05) is 12.8 Å². The van der Waals surface area contributed by atoms with E-state index < -0.39 is 0 Å². The van der Waals surface area contributed by atoms with Crippen LogP contribution in [0.3, 0.4) is 0 Å². The van der Waals surface area contributed by atoms with Gasteiger partial charge in [-0.2, -0.15) is 0 Å². The Labute approximate surface area is 89.1 Å². The fourth-order valence-electron chi connectivity index (χ4n) is 1.96. The third-order valence-electron chi connectivity index (χ3n) is 2.78. The minimum Gasteiger partial charge on any atom is -0.300 e. The summed E-state index contributed by atoms with van der Waals surface area (Å²) in [5.74, 6) is 1.05. The lowest BCUT2D eigenvalue weighted by Crippen LogP contribution is -2.15. The summed E-state index contributed by atoms with van der Waals surface area (Å²) in [4.78, 5) is 15.3. The lowest BCUT2D eigenvalue weighted by Gasteiger charge is -2.19. The van der Waals surface area contributed by atoms with Crippen LogP contribution in [-0.4, -0.2) is 14.7 Å². The number of Topliss-reactive ketones (excluding diaryl/α,β-unsaturated/α-hetero) is 1. The van der Waals surface area contributed by atoms with Crippen LogP contribution >= 0.6 is 12.8 Å². The zero-order chi connectivity index (χ0) is 9.97. The first-order valence-electron chi connectivity index (χ1n) is 4.98. The van der Waals surface area contributed by atoms with Crippen molar-refractivity contribution in [3.8, 4) is 0 Å². The Morgan fingerprint density at radius 1 is 1.50 bits per heavy atom. The Morgan fingerprint density at radius 2 is 2.21 bits per heavy atom. The number of aromatic nitrogens is 2. The third-order valence-corrected chi connectivity index (χ3v) is 3.00. The van der Waals surface area contributed by atoms with Crippen molar-refractivity contribution in [1.82, 2.24) is 8.96 Å². The molecular formula is C10H14N2OS. The molecule has 0 aromatic carbocycles. The first-order chi connectivity index (χ1) is 6.74. The zero-order valence-corrected chi connectivity index (χ0v) is 8.91. The quantitative estimate of drug-likeness (QED) is 0.756. The molecule has 3 nitrogen and oxygen atoms in total. The van der Waals surface area contributed by atoms with Gasteiger partial charge in [-0.15, -0.1) is 0 Å². The molecular weight excluding hydrogens is 196 g/mol. The number of rotatable bonds is 2. The molecule has 0 N–H and O–H groups in total. The van der Waals surface area contributed by atoms with Crippen molar-refractivity contribution in [3.05, 3.63) is 18.2 Å². The molecule has 1 aliphatic rings. The molecule has 1 aromatic heterocycles. The smallest absolute Gasteiger partial charge is 0.132 e. The van der Waals surface area contributed by atoms with Crippen LogP contribution in [0, 0.1) is 5.92 Å². The summed E-state index contributed by atoms with van der Waals surface area (Å²) < 4.78 is 1.67. The number of hydrogen-bond acceptors (Lipinski definition) is 3. The topological polar surface area (TPSA) is 34.9 Å². The highest BCUT2D eigenvalue weighted by Gasteiger charge is 2.19. The minimum absolute atomic E-state index is 0.418. The number of hydrogen-bond donors (Lipinski definition) is 1. The second-order valence-corrected chi connectivity index (χ2v) is 4.39. The zero-order valence-electron chi connectivity index (χ0n) is 8.02. The fourth-order valence-corrected chi connectivity index (χ4v) is 2.14. The van der Waals surface area contributed by atoms with Gasteiger partial charge in [-0.25, -0.2) is 4.98 Å². The second-order valence-electron chi connectivity index (χ2n) is 3.93. The van der Waals surface area contributed by atoms with Gasteiger partial charge in [0.05, 0.1) is 5.69 Å². The molecule has 1 fully saturated rings. The molecule has 14 heavy (non-hydrogen) atoms. The van der Waals surface area contributed by atoms with Gasteiger partial charge in [0.1, 0.15) is 12.1 Å². The van der Waals surface area contributed by atoms with E-state index in [1.165, 1.54) is 0 Å². The van der Waals surface area contributed by atoms with Crippen molar-refractivity contribution in [2.75, 3.05) is 0 Å². The van der Waals surface area contributed by atoms with Gasteiger partial charge < -0.3 is 0 Å². The van der Waals surface area contributed by atoms with E-state index in [0.29, 0.717) is 11.7 Å². The molecule has 1 saturated carbocycles. The normalized spacial score (nSPS) is 18.8. The predicted molar refractivity (Wildman–Crippen MR) is 57.3 cm³/mol. The van der Waals surface area contributed by atoms with E-state index in [-0.39, 0.29) is 0 Å². The maximum Gasteiger partial charge on any atom is 0.132 e. The molecule has 0 amide bonds. The largest absolute Gasteiger partial charge is 0.300 e. The van der Waals surface area contributed by atoms with Gasteiger partial charge in [0.2, 0.25) is 0 Å². The van der Waals surface area contributed by atoms with Crippen molar-refractivity contribution in [3.63, 3.8) is 0 Å². The Kier molecular flexibility index (Phi) is 2.91. The van der Waals surface area contributed by atoms with Gasteiger partial charge in [0.25, 0.3) is 0 Å². The minimum atomic E-state index is 0.418. The molecule has 2 rings (SSSR count). The lowest BCUT2D eigenvalue weighted by molar-refractivity contribution is -0.121. The van der Waals surface area contributed by atoms with Crippen LogP contribution in [0.5, 0.6) is 0 Å². The molecule has 0 atom stereocenters. The van der Waals surface area contributed by atoms with Crippen LogP contribution in [0.25, 0.3) is 0 Å². The van der Waals surface area contributed by atoms with Crippen molar-refractivity contribution < 1.29 is 4.79 Å². The maximum atomic E-state index is 11.0. The standard InChI is InChI=1S/C10H14N2OS/c13-10-3-1-8(2-4-10)5-9-6-12(14)7-11-9/h6-8,14H,1-5H2. The Morgan fingerprint density at radius 3 is 2.79 bits per heavy atom. The number of ketones is 1. The average Bonchev–Trinajstić information content (AvgIpc) is 2.56. The number of carbonyl (C=O) groups excluding carboxylic acids is 1. The average molecular weight is 210 g/mol. The highest BCUT2D eigenvalue weighted by atomic mass is 32.1. The first-order valence-corrected chi connectivity index (χ1v) is 5.38. The maximum absolute atomic E-state index is 11.0. The molecule has 4 heteroatoms. The van der Waals surface area contributed by atoms with Gasteiger partial charge in [-0.05, 0) is 25.2 Å². The van der Waals surface area contributed by atoms with Crippen molar-refractivity contribution in [2.45, 2.75) is 32.1 Å². The summed E-state index contributed by atoms with van der Waals surface area (Å²) in [5.41, 5.74) is 1.08. The van der Waals surface area contributed by atoms with Crippen LogP contribution < -0.4 is 0 Å². The molecule has 0 unspecified atom stereocenters. The van der Waals surface area contributed by atoms with Gasteiger partial charge in [-0.3, -0.25) is 8.77 Å². The molecule has 0 saturated heterocycles. The monoisotopic (exact) mass is 210 g/mol. The van der Waals surface area contributed by atoms with Gasteiger partial charge >= 0.3 is 0 Å². The highest BCUT2D eigenvalue weighted by molar-refractivity contribution is 7.78. The summed E-state index contributed by atoms with van der Waals surface area (Å²) >= 11 is 4.14. The first kappa shape index (κ1) is 9.77. The molecule has 0 spiro atoms. The molecule has 0 bridgehead atoms. The Hall–Kier alpha value is -0.770. The van der Waals surface area contributed by atoms with Gasteiger partial charge in [0.15, 0.2) is 0 Å². The van der Waals surface area contributed by atoms with E-state index >= 15 is 0 Å². The van der Waals surface area contributed by atoms with E-state index in [1.807, 2.05) is 6.20 Å². The van der Waals surface area contributed by atoms with Crippen LogP contribution in [0.2, 0.25) is 0 Å². The molecule has 1 heterocycles. The fraction of sp³-hybridized carbons (Fsp3) is 0.600. The van der Waals surface area contributed by atoms with Crippen LogP contribution in [0.15, 0.2) is 12.5 Å². The highest BCUT2D eigenvalue weighted by Crippen LogP contribution is 2.24. The SMILES string of the molecule is O=C1CCC(Cc2cn(S)cn2)CC1. The van der Waals surface area contributed by atoms with Gasteiger partial charge in [0, 0.05) is 19.0 Å². The number of nitrogens with zero attached hydrogens (tertiary/aromatic N) is 2. The van der Waals surface area contributed by atoms with E-state index in [0.717, 1.165) is 37.8 Å². The molecule has 76 valence electrons. The van der Waals surface area contributed by atoms with Crippen LogP contribution in [0.1, 0.15) is 31.4 Å². The van der Waals surface area contributed by atoms with Crippen molar-refractivity contribution in [1.29, 1.82) is 0 Å². The predicted octanol–water partition coefficient (Wildman–Crippen LogP) is 1.88. The second kappa shape index (κ2) is 4.17. The lowest BCUT2D eigenvalue weighted by atomic mass is 9.85. The Bertz CT molecular complexity index is 325. The third kappa shape index (κ3) is 2.38. The van der Waals surface area contributed by atoms with Crippen molar-refractivity contribution in [2.24, 2.45) is 5.92 Å². The summed E-state index contributed by atoms with van der Waals surface area (Å²) in [6.45, 7) is 0. The molecule has 1 aromatic rings. The van der Waals surface area contributed by atoms with E-state index in [2.05, 4.69) is 17.8 Å². The summed E-state index contributed by atoms with van der Waals surface area (Å²) in [6.07, 6.45) is 8.18. The van der Waals surface area contributed by atoms with E-state index in [4.69, 9.17) is 0 Å². The van der Waals surface area contributed by atoms with Crippen LogP contribution in [-0.2, 0) is 11.2 Å². The molecule has 1 aliphatic carbocycles. The van der Waals surface area contributed by atoms with Crippen molar-refractivity contribution >= 4 is 18.6 Å². The summed E-state index contributed by atoms with van der Waals surface area (Å²) in [6, 6.07) is 0. The Balaban J connectivity index is 1.89. The van der Waals surface area contributed by atoms with Crippen LogP contribution in [0.4, 0.5) is 0 Å². The number of thiol groups is 1. The number of imidazole rings is 1. The number of carbonyl (C=O) groups is 1. The van der Waals surface area contributed by atoms with E-state index in [1.54, 1.807) is 10.3 Å².